The summed E-state index contributed by atoms with van der Waals surface area (Å²) in [4.78, 5) is 15.6. The van der Waals surface area contributed by atoms with Gasteiger partial charge < -0.3 is 19.6 Å². The van der Waals surface area contributed by atoms with Crippen LogP contribution in [0.25, 0.3) is 0 Å². The number of urea groups is 1. The summed E-state index contributed by atoms with van der Waals surface area (Å²) in [7, 11) is 0. The topological polar surface area (TPSA) is 72.1 Å². The quantitative estimate of drug-likeness (QED) is 0.826. The number of nitrogens with zero attached hydrogens (tertiary/aromatic N) is 2. The van der Waals surface area contributed by atoms with Gasteiger partial charge in [-0.1, -0.05) is 0 Å². The molecule has 0 unspecified atom stereocenters. The monoisotopic (exact) mass is 262 g/mol. The number of rotatable bonds is 6. The minimum atomic E-state index is -0.167. The van der Waals surface area contributed by atoms with Gasteiger partial charge in [-0.05, 0) is 19.1 Å². The van der Waals surface area contributed by atoms with Crippen LogP contribution in [0.2, 0.25) is 0 Å². The van der Waals surface area contributed by atoms with E-state index in [1.807, 2.05) is 29.8 Å². The molecule has 0 aliphatic rings. The zero-order valence-corrected chi connectivity index (χ0v) is 10.9. The van der Waals surface area contributed by atoms with Crippen LogP contribution in [-0.4, -0.2) is 28.2 Å². The van der Waals surface area contributed by atoms with Crippen molar-refractivity contribution in [2.24, 2.45) is 0 Å². The molecule has 2 rings (SSSR count). The molecule has 6 nitrogen and oxygen atoms in total. The van der Waals surface area contributed by atoms with E-state index in [1.54, 1.807) is 18.8 Å². The normalized spacial score (nSPS) is 12.1. The van der Waals surface area contributed by atoms with Crippen molar-refractivity contribution in [1.82, 2.24) is 20.2 Å². The van der Waals surface area contributed by atoms with E-state index in [-0.39, 0.29) is 12.1 Å². The van der Waals surface area contributed by atoms with Gasteiger partial charge in [-0.25, -0.2) is 9.78 Å². The first-order valence-electron chi connectivity index (χ1n) is 6.26. The summed E-state index contributed by atoms with van der Waals surface area (Å²) in [6.45, 7) is 3.22. The number of nitrogens with one attached hydrogen (secondary N) is 2. The molecular weight excluding hydrogens is 244 g/mol. The van der Waals surface area contributed by atoms with Gasteiger partial charge in [0.25, 0.3) is 0 Å². The van der Waals surface area contributed by atoms with E-state index >= 15 is 0 Å². The largest absolute Gasteiger partial charge is 0.469 e. The second-order valence-electron chi connectivity index (χ2n) is 4.39. The molecule has 0 fully saturated rings. The zero-order chi connectivity index (χ0) is 13.5. The van der Waals surface area contributed by atoms with Crippen LogP contribution in [0.15, 0.2) is 41.5 Å². The summed E-state index contributed by atoms with van der Waals surface area (Å²) in [5.74, 6) is 0.867. The highest BCUT2D eigenvalue weighted by Crippen LogP contribution is 2.03. The predicted octanol–water partition coefficient (Wildman–Crippen LogP) is 1.41. The van der Waals surface area contributed by atoms with Crippen LogP contribution in [0.3, 0.4) is 0 Å². The lowest BCUT2D eigenvalue weighted by molar-refractivity contribution is 0.237. The van der Waals surface area contributed by atoms with E-state index in [9.17, 15) is 4.79 Å². The number of carbonyl (C=O) groups excluding carboxylic acids is 1. The second-order valence-corrected chi connectivity index (χ2v) is 4.39. The van der Waals surface area contributed by atoms with Crippen LogP contribution >= 0.6 is 0 Å². The third kappa shape index (κ3) is 4.50. The Labute approximate surface area is 111 Å². The van der Waals surface area contributed by atoms with Crippen molar-refractivity contribution in [2.75, 3.05) is 6.54 Å². The van der Waals surface area contributed by atoms with Crippen LogP contribution in [0.5, 0.6) is 0 Å². The van der Waals surface area contributed by atoms with E-state index < -0.39 is 0 Å². The van der Waals surface area contributed by atoms with E-state index in [0.717, 1.165) is 5.76 Å². The Bertz CT molecular complexity index is 479. The predicted molar refractivity (Wildman–Crippen MR) is 70.6 cm³/mol. The molecule has 0 saturated carbocycles. The van der Waals surface area contributed by atoms with Gasteiger partial charge in [0.1, 0.15) is 5.76 Å². The summed E-state index contributed by atoms with van der Waals surface area (Å²) in [6.07, 6.45) is 7.61. The first-order valence-corrected chi connectivity index (χ1v) is 6.26. The highest BCUT2D eigenvalue weighted by atomic mass is 16.3. The lowest BCUT2D eigenvalue weighted by atomic mass is 10.2. The Morgan fingerprint density at radius 3 is 3.16 bits per heavy atom. The standard InChI is InChI=1S/C13H18N4O2/c1-11(9-12-3-2-8-19-12)16-13(18)15-5-7-17-6-4-14-10-17/h2-4,6,8,10-11H,5,7,9H2,1H3,(H2,15,16,18)/t11-/m0/s1. The average molecular weight is 262 g/mol. The Morgan fingerprint density at radius 1 is 1.58 bits per heavy atom. The summed E-state index contributed by atoms with van der Waals surface area (Å²) in [5, 5.41) is 5.67. The number of furan rings is 1. The molecule has 19 heavy (non-hydrogen) atoms. The van der Waals surface area contributed by atoms with Crippen molar-refractivity contribution in [1.29, 1.82) is 0 Å². The summed E-state index contributed by atoms with van der Waals surface area (Å²) in [5.41, 5.74) is 0. The SMILES string of the molecule is C[C@@H](Cc1ccco1)NC(=O)NCCn1ccnc1. The van der Waals surface area contributed by atoms with E-state index in [1.165, 1.54) is 0 Å². The Kier molecular flexibility index (Phi) is 4.60. The van der Waals surface area contributed by atoms with Crippen LogP contribution in [0.4, 0.5) is 4.79 Å². The average Bonchev–Trinajstić information content (AvgIpc) is 3.01. The summed E-state index contributed by atoms with van der Waals surface area (Å²) >= 11 is 0. The van der Waals surface area contributed by atoms with Gasteiger partial charge in [-0.2, -0.15) is 0 Å². The van der Waals surface area contributed by atoms with Crippen molar-refractivity contribution in [3.63, 3.8) is 0 Å². The van der Waals surface area contributed by atoms with Crippen LogP contribution in [0.1, 0.15) is 12.7 Å². The molecule has 0 bridgehead atoms. The Hall–Kier alpha value is -2.24. The molecule has 0 radical (unpaired) electrons. The molecule has 0 spiro atoms. The van der Waals surface area contributed by atoms with Gasteiger partial charge in [0, 0.05) is 37.9 Å². The Balaban J connectivity index is 1.63. The smallest absolute Gasteiger partial charge is 0.315 e. The van der Waals surface area contributed by atoms with Gasteiger partial charge in [0.05, 0.1) is 12.6 Å². The van der Waals surface area contributed by atoms with Gasteiger partial charge in [0.15, 0.2) is 0 Å². The molecule has 0 aliphatic heterocycles. The highest BCUT2D eigenvalue weighted by Gasteiger charge is 2.08. The van der Waals surface area contributed by atoms with Gasteiger partial charge in [0.2, 0.25) is 0 Å². The number of carbonyl (C=O) groups is 1. The minimum Gasteiger partial charge on any atom is -0.469 e. The third-order valence-corrected chi connectivity index (χ3v) is 2.68. The van der Waals surface area contributed by atoms with Crippen molar-refractivity contribution in [3.05, 3.63) is 42.9 Å². The number of aromatic nitrogens is 2. The summed E-state index contributed by atoms with van der Waals surface area (Å²) < 4.78 is 7.14. The number of amides is 2. The number of hydrogen-bond acceptors (Lipinski definition) is 3. The minimum absolute atomic E-state index is 0.0272. The number of hydrogen-bond donors (Lipinski definition) is 2. The fraction of sp³-hybridized carbons (Fsp3) is 0.385. The van der Waals surface area contributed by atoms with Crippen molar-refractivity contribution in [3.8, 4) is 0 Å². The van der Waals surface area contributed by atoms with Gasteiger partial charge in [-0.15, -0.1) is 0 Å². The van der Waals surface area contributed by atoms with Crippen LogP contribution in [-0.2, 0) is 13.0 Å². The molecule has 2 heterocycles. The van der Waals surface area contributed by atoms with Crippen LogP contribution < -0.4 is 10.6 Å². The van der Waals surface area contributed by atoms with Crippen molar-refractivity contribution >= 4 is 6.03 Å². The van der Waals surface area contributed by atoms with Crippen LogP contribution in [0, 0.1) is 0 Å². The van der Waals surface area contributed by atoms with Gasteiger partial charge in [-0.3, -0.25) is 0 Å². The molecule has 2 aromatic rings. The Morgan fingerprint density at radius 2 is 2.47 bits per heavy atom. The maximum absolute atomic E-state index is 11.6. The molecule has 0 aromatic carbocycles. The molecule has 1 atom stereocenters. The lowest BCUT2D eigenvalue weighted by Gasteiger charge is -2.13. The molecule has 2 aromatic heterocycles. The van der Waals surface area contributed by atoms with Crippen molar-refractivity contribution < 1.29 is 9.21 Å². The molecule has 2 amide bonds. The highest BCUT2D eigenvalue weighted by molar-refractivity contribution is 5.74. The number of imidazole rings is 1. The fourth-order valence-corrected chi connectivity index (χ4v) is 1.77. The molecule has 102 valence electrons. The maximum atomic E-state index is 11.6. The molecule has 0 aliphatic carbocycles. The zero-order valence-electron chi connectivity index (χ0n) is 10.9. The summed E-state index contributed by atoms with van der Waals surface area (Å²) in [6, 6.07) is 3.60. The maximum Gasteiger partial charge on any atom is 0.315 e. The van der Waals surface area contributed by atoms with E-state index in [0.29, 0.717) is 19.5 Å². The second kappa shape index (κ2) is 6.63. The third-order valence-electron chi connectivity index (χ3n) is 2.68. The lowest BCUT2D eigenvalue weighted by Crippen LogP contribution is -2.42. The molecular formula is C13H18N4O2. The van der Waals surface area contributed by atoms with Gasteiger partial charge >= 0.3 is 6.03 Å². The fourth-order valence-electron chi connectivity index (χ4n) is 1.77. The molecule has 6 heteroatoms. The molecule has 0 saturated heterocycles. The van der Waals surface area contributed by atoms with E-state index in [4.69, 9.17) is 4.42 Å². The van der Waals surface area contributed by atoms with Crippen molar-refractivity contribution in [2.45, 2.75) is 25.9 Å². The first-order chi connectivity index (χ1) is 9.24. The first kappa shape index (κ1) is 13.2. The van der Waals surface area contributed by atoms with E-state index in [2.05, 4.69) is 15.6 Å². The molecule has 2 N–H and O–H groups in total.